The Morgan fingerprint density at radius 1 is 1.11 bits per heavy atom. The summed E-state index contributed by atoms with van der Waals surface area (Å²) in [5, 5.41) is 0. The van der Waals surface area contributed by atoms with Crippen molar-refractivity contribution in [2.24, 2.45) is 0 Å². The molecule has 3 rings (SSSR count). The molecule has 1 atom stereocenters. The predicted molar refractivity (Wildman–Crippen MR) is 99.1 cm³/mol. The molecule has 2 nitrogen and oxygen atoms in total. The Morgan fingerprint density at radius 2 is 1.71 bits per heavy atom. The predicted octanol–water partition coefficient (Wildman–Crippen LogP) is 6.24. The minimum atomic E-state index is -2.67. The van der Waals surface area contributed by atoms with E-state index in [2.05, 4.69) is 4.98 Å². The Kier molecular flexibility index (Phi) is 7.38. The van der Waals surface area contributed by atoms with Crippen molar-refractivity contribution >= 4 is 0 Å². The van der Waals surface area contributed by atoms with Gasteiger partial charge in [-0.3, -0.25) is 0 Å². The van der Waals surface area contributed by atoms with Crippen molar-refractivity contribution in [3.05, 3.63) is 47.4 Å². The van der Waals surface area contributed by atoms with Gasteiger partial charge in [-0.05, 0) is 36.8 Å². The molecule has 1 aromatic heterocycles. The van der Waals surface area contributed by atoms with Crippen LogP contribution < -0.4 is 4.74 Å². The van der Waals surface area contributed by atoms with E-state index in [0.717, 1.165) is 0 Å². The second-order valence-corrected chi connectivity index (χ2v) is 6.46. The van der Waals surface area contributed by atoms with Gasteiger partial charge in [0.25, 0.3) is 0 Å². The molecule has 0 N–H and O–H groups in total. The molecule has 0 radical (unpaired) electrons. The van der Waals surface area contributed by atoms with Crippen LogP contribution >= 0.6 is 0 Å². The Labute approximate surface area is 161 Å². The summed E-state index contributed by atoms with van der Waals surface area (Å²) in [6, 6.07) is 6.59. The van der Waals surface area contributed by atoms with Crippen LogP contribution in [0.1, 0.15) is 44.4 Å². The normalized spacial score (nSPS) is 15.5. The third-order valence-corrected chi connectivity index (χ3v) is 4.81. The number of halogens is 5. The molecule has 154 valence electrons. The van der Waals surface area contributed by atoms with Crippen LogP contribution in [0.3, 0.4) is 0 Å². The van der Waals surface area contributed by atoms with Gasteiger partial charge in [-0.25, -0.2) is 26.9 Å². The topological polar surface area (TPSA) is 22.1 Å². The Balaban J connectivity index is 0.00000136. The van der Waals surface area contributed by atoms with E-state index >= 15 is 0 Å². The second-order valence-electron chi connectivity index (χ2n) is 6.46. The number of rotatable bonds is 6. The Hall–Kier alpha value is -2.18. The Morgan fingerprint density at radius 3 is 2.21 bits per heavy atom. The summed E-state index contributed by atoms with van der Waals surface area (Å²) in [5.41, 5.74) is -0.645. The zero-order valence-electron chi connectivity index (χ0n) is 16.1. The van der Waals surface area contributed by atoms with Crippen LogP contribution in [0.4, 0.5) is 22.0 Å². The maximum Gasteiger partial charge on any atom is 0.246 e. The largest absolute Gasteiger partial charge is 0.490 e. The van der Waals surface area contributed by atoms with E-state index in [1.807, 2.05) is 13.8 Å². The van der Waals surface area contributed by atoms with E-state index in [1.54, 1.807) is 6.92 Å². The van der Waals surface area contributed by atoms with Crippen LogP contribution in [0.25, 0.3) is 11.3 Å². The first-order valence-corrected chi connectivity index (χ1v) is 9.30. The first-order valence-electron chi connectivity index (χ1n) is 9.30. The number of pyridine rings is 1. The molecular formula is C21H24F5NO. The van der Waals surface area contributed by atoms with Gasteiger partial charge in [0.05, 0.1) is 17.0 Å². The van der Waals surface area contributed by atoms with E-state index in [-0.39, 0.29) is 35.7 Å². The first-order chi connectivity index (χ1) is 13.5. The highest BCUT2D eigenvalue weighted by Gasteiger charge is 2.44. The zero-order valence-corrected chi connectivity index (χ0v) is 16.1. The molecule has 28 heavy (non-hydrogen) atoms. The van der Waals surface area contributed by atoms with Crippen molar-refractivity contribution in [3.63, 3.8) is 0 Å². The van der Waals surface area contributed by atoms with Gasteiger partial charge in [0.2, 0.25) is 6.43 Å². The average molecular weight is 401 g/mol. The number of aromatic nitrogens is 1. The number of benzene rings is 1. The zero-order chi connectivity index (χ0) is 20.9. The molecule has 1 aromatic carbocycles. The van der Waals surface area contributed by atoms with Crippen LogP contribution in [-0.2, 0) is 5.41 Å². The number of hydrogen-bond acceptors (Lipinski definition) is 2. The standard InChI is InChI=1S/C19H18F5NO.C2H6/c1-2-13(18(23)24)15-7-14-17(26-10-19(14,8-20)9-21)16(25-15)11-3-5-12(22)6-4-11;1-2/h3-7,13,18H,2,8-10H2,1H3;1-2H3. The third-order valence-electron chi connectivity index (χ3n) is 4.81. The number of nitrogens with zero attached hydrogens (tertiary/aromatic N) is 1. The molecule has 7 heteroatoms. The summed E-state index contributed by atoms with van der Waals surface area (Å²) in [5.74, 6) is -1.47. The summed E-state index contributed by atoms with van der Waals surface area (Å²) in [7, 11) is 0. The monoisotopic (exact) mass is 401 g/mol. The molecule has 0 amide bonds. The van der Waals surface area contributed by atoms with Crippen LogP contribution in [0.2, 0.25) is 0 Å². The van der Waals surface area contributed by atoms with Gasteiger partial charge in [0.15, 0.2) is 0 Å². The highest BCUT2D eigenvalue weighted by molar-refractivity contribution is 5.71. The lowest BCUT2D eigenvalue weighted by atomic mass is 9.83. The van der Waals surface area contributed by atoms with Gasteiger partial charge < -0.3 is 4.74 Å². The minimum absolute atomic E-state index is 0.0531. The van der Waals surface area contributed by atoms with Crippen molar-refractivity contribution in [2.45, 2.75) is 45.0 Å². The van der Waals surface area contributed by atoms with Gasteiger partial charge in [0.1, 0.15) is 37.2 Å². The smallest absolute Gasteiger partial charge is 0.246 e. The van der Waals surface area contributed by atoms with E-state index in [1.165, 1.54) is 30.3 Å². The van der Waals surface area contributed by atoms with E-state index in [9.17, 15) is 22.0 Å². The molecule has 2 aromatic rings. The quantitative estimate of drug-likeness (QED) is 0.535. The summed E-state index contributed by atoms with van der Waals surface area (Å²) in [6.45, 7) is 3.32. The van der Waals surface area contributed by atoms with Gasteiger partial charge >= 0.3 is 0 Å². The average Bonchev–Trinajstić information content (AvgIpc) is 3.09. The van der Waals surface area contributed by atoms with Crippen molar-refractivity contribution < 1.29 is 26.7 Å². The molecule has 0 saturated heterocycles. The molecule has 2 heterocycles. The number of alkyl halides is 4. The minimum Gasteiger partial charge on any atom is -0.490 e. The van der Waals surface area contributed by atoms with Crippen molar-refractivity contribution in [3.8, 4) is 17.0 Å². The molecule has 1 aliphatic heterocycles. The van der Waals surface area contributed by atoms with E-state index < -0.39 is 36.9 Å². The fourth-order valence-electron chi connectivity index (χ4n) is 3.15. The van der Waals surface area contributed by atoms with Crippen LogP contribution in [-0.4, -0.2) is 31.4 Å². The third kappa shape index (κ3) is 3.98. The number of ether oxygens (including phenoxy) is 1. The fourth-order valence-corrected chi connectivity index (χ4v) is 3.15. The molecular weight excluding hydrogens is 377 g/mol. The van der Waals surface area contributed by atoms with E-state index in [4.69, 9.17) is 4.74 Å². The second kappa shape index (κ2) is 9.34. The Bertz CT molecular complexity index is 775. The number of fused-ring (bicyclic) bond motifs is 1. The molecule has 0 aliphatic carbocycles. The van der Waals surface area contributed by atoms with Gasteiger partial charge in [-0.1, -0.05) is 20.8 Å². The maximum atomic E-state index is 13.7. The van der Waals surface area contributed by atoms with Gasteiger partial charge in [-0.2, -0.15) is 0 Å². The summed E-state index contributed by atoms with van der Waals surface area (Å²) in [4.78, 5) is 4.30. The lowest BCUT2D eigenvalue weighted by Gasteiger charge is -2.22. The molecule has 1 aliphatic rings. The summed E-state index contributed by atoms with van der Waals surface area (Å²) >= 11 is 0. The molecule has 0 fully saturated rings. The number of hydrogen-bond donors (Lipinski definition) is 0. The summed E-state index contributed by atoms with van der Waals surface area (Å²) in [6.07, 6.45) is -2.55. The van der Waals surface area contributed by atoms with Gasteiger partial charge in [-0.15, -0.1) is 0 Å². The van der Waals surface area contributed by atoms with Crippen molar-refractivity contribution in [1.29, 1.82) is 0 Å². The fraction of sp³-hybridized carbons (Fsp3) is 0.476. The first kappa shape index (κ1) is 22.1. The van der Waals surface area contributed by atoms with Crippen molar-refractivity contribution in [1.82, 2.24) is 4.98 Å². The van der Waals surface area contributed by atoms with Crippen LogP contribution in [0.15, 0.2) is 30.3 Å². The lowest BCUT2D eigenvalue weighted by Crippen LogP contribution is -2.33. The van der Waals surface area contributed by atoms with Crippen LogP contribution in [0, 0.1) is 5.82 Å². The SMILES string of the molecule is CC.CCC(c1cc2c(c(-c3ccc(F)cc3)n1)OCC2(CF)CF)C(F)F. The highest BCUT2D eigenvalue weighted by atomic mass is 19.3. The van der Waals surface area contributed by atoms with Gasteiger partial charge in [0, 0.05) is 11.1 Å². The highest BCUT2D eigenvalue weighted by Crippen LogP contribution is 2.46. The van der Waals surface area contributed by atoms with E-state index in [0.29, 0.717) is 5.56 Å². The summed E-state index contributed by atoms with van der Waals surface area (Å²) < 4.78 is 72.9. The lowest BCUT2D eigenvalue weighted by molar-refractivity contribution is 0.110. The molecule has 0 spiro atoms. The molecule has 0 bridgehead atoms. The van der Waals surface area contributed by atoms with Crippen LogP contribution in [0.5, 0.6) is 5.75 Å². The van der Waals surface area contributed by atoms with Crippen molar-refractivity contribution in [2.75, 3.05) is 20.0 Å². The molecule has 0 saturated carbocycles. The maximum absolute atomic E-state index is 13.7. The molecule has 1 unspecified atom stereocenters.